The molecule has 0 atom stereocenters. The zero-order valence-electron chi connectivity index (χ0n) is 15.7. The number of nitrogens with one attached hydrogen (secondary N) is 1. The van der Waals surface area contributed by atoms with Gasteiger partial charge in [-0.2, -0.15) is 0 Å². The Morgan fingerprint density at radius 3 is 2.37 bits per heavy atom. The van der Waals surface area contributed by atoms with Crippen LogP contribution >= 0.6 is 0 Å². The number of carboxylic acid groups (broad SMARTS) is 1. The minimum Gasteiger partial charge on any atom is -0.465 e. The van der Waals surface area contributed by atoms with Gasteiger partial charge in [0.15, 0.2) is 9.84 Å². The minimum absolute atomic E-state index is 0.0237. The Morgan fingerprint density at radius 2 is 1.85 bits per heavy atom. The van der Waals surface area contributed by atoms with E-state index in [1.165, 1.54) is 12.1 Å². The number of benzene rings is 1. The molecule has 0 aromatic heterocycles. The average molecular weight is 399 g/mol. The van der Waals surface area contributed by atoms with Crippen molar-refractivity contribution in [1.82, 2.24) is 5.32 Å². The Bertz CT molecular complexity index is 837. The monoisotopic (exact) mass is 399 g/mol. The molecule has 0 bridgehead atoms. The highest BCUT2D eigenvalue weighted by Crippen LogP contribution is 2.36. The third kappa shape index (κ3) is 4.88. The molecule has 0 radical (unpaired) electrons. The second-order valence-electron chi connectivity index (χ2n) is 7.35. The Kier molecular flexibility index (Phi) is 6.03. The number of rotatable bonds is 6. The van der Waals surface area contributed by atoms with Gasteiger partial charge in [-0.1, -0.05) is 12.1 Å². The van der Waals surface area contributed by atoms with E-state index in [1.54, 1.807) is 12.1 Å². The fraction of sp³-hybridized carbons (Fsp3) is 0.471. The van der Waals surface area contributed by atoms with E-state index in [2.05, 4.69) is 0 Å². The molecule has 7 nitrogen and oxygen atoms in total. The molecular formula is C17H23BFNO6S. The molecule has 1 aliphatic heterocycles. The maximum Gasteiger partial charge on any atom is 0.494 e. The first kappa shape index (κ1) is 21.4. The fourth-order valence-corrected chi connectivity index (χ4v) is 3.89. The van der Waals surface area contributed by atoms with Crippen molar-refractivity contribution in [3.05, 3.63) is 36.2 Å². The third-order valence-corrected chi connectivity index (χ3v) is 6.46. The lowest BCUT2D eigenvalue weighted by Crippen LogP contribution is -2.41. The first-order valence-electron chi connectivity index (χ1n) is 8.31. The predicted molar refractivity (Wildman–Crippen MR) is 99.4 cm³/mol. The summed E-state index contributed by atoms with van der Waals surface area (Å²) in [6.45, 7) is 7.15. The molecule has 1 fully saturated rings. The van der Waals surface area contributed by atoms with Gasteiger partial charge in [0.2, 0.25) is 0 Å². The third-order valence-electron chi connectivity index (χ3n) is 4.74. The molecule has 0 spiro atoms. The zero-order chi connectivity index (χ0) is 20.5. The molecule has 148 valence electrons. The number of amides is 1. The van der Waals surface area contributed by atoms with Crippen LogP contribution in [0.15, 0.2) is 41.1 Å². The standard InChI is InChI=1S/C17H23BFNO6S/c1-16(2)17(3,4)26-18(25-16)13-6-5-7-14(8-13)27(23,24)11-12(9-19)10-20-15(21)22/h5-9,20H,10-11H2,1-4H3,(H,21,22). The Labute approximate surface area is 158 Å². The van der Waals surface area contributed by atoms with Crippen LogP contribution < -0.4 is 10.8 Å². The van der Waals surface area contributed by atoms with Crippen LogP contribution in [0.5, 0.6) is 0 Å². The summed E-state index contributed by atoms with van der Waals surface area (Å²) in [4.78, 5) is 10.5. The van der Waals surface area contributed by atoms with Gasteiger partial charge < -0.3 is 19.7 Å². The second kappa shape index (κ2) is 7.61. The van der Waals surface area contributed by atoms with Gasteiger partial charge in [-0.05, 0) is 50.9 Å². The Morgan fingerprint density at radius 1 is 1.26 bits per heavy atom. The van der Waals surface area contributed by atoms with Gasteiger partial charge in [0.1, 0.15) is 0 Å². The first-order valence-corrected chi connectivity index (χ1v) is 9.96. The molecule has 1 saturated heterocycles. The molecule has 0 saturated carbocycles. The SMILES string of the molecule is CC1(C)OB(c2cccc(S(=O)(=O)CC(=CF)CNC(=O)O)c2)OC1(C)C. The quantitative estimate of drug-likeness (QED) is 0.709. The molecule has 1 aliphatic rings. The predicted octanol–water partition coefficient (Wildman–Crippen LogP) is 1.88. The molecule has 1 heterocycles. The summed E-state index contributed by atoms with van der Waals surface area (Å²) < 4.78 is 50.0. The van der Waals surface area contributed by atoms with Crippen molar-refractivity contribution in [2.24, 2.45) is 0 Å². The van der Waals surface area contributed by atoms with Crippen LogP contribution in [-0.4, -0.2) is 50.2 Å². The van der Waals surface area contributed by atoms with E-state index < -0.39 is 46.5 Å². The van der Waals surface area contributed by atoms with Crippen LogP contribution in [0.25, 0.3) is 0 Å². The van der Waals surface area contributed by atoms with Crippen molar-refractivity contribution in [2.45, 2.75) is 43.8 Å². The van der Waals surface area contributed by atoms with E-state index in [0.717, 1.165) is 0 Å². The Balaban J connectivity index is 2.23. The topological polar surface area (TPSA) is 102 Å². The van der Waals surface area contributed by atoms with E-state index in [0.29, 0.717) is 5.46 Å². The van der Waals surface area contributed by atoms with Gasteiger partial charge in [-0.25, -0.2) is 17.6 Å². The largest absolute Gasteiger partial charge is 0.494 e. The van der Waals surface area contributed by atoms with Crippen molar-refractivity contribution in [2.75, 3.05) is 12.3 Å². The summed E-state index contributed by atoms with van der Waals surface area (Å²) in [6, 6.07) is 6.07. The van der Waals surface area contributed by atoms with Crippen LogP contribution in [0.1, 0.15) is 27.7 Å². The molecule has 2 N–H and O–H groups in total. The summed E-state index contributed by atoms with van der Waals surface area (Å²) in [5, 5.41) is 10.5. The molecule has 10 heteroatoms. The summed E-state index contributed by atoms with van der Waals surface area (Å²) >= 11 is 0. The van der Waals surface area contributed by atoms with Crippen LogP contribution in [0.2, 0.25) is 0 Å². The number of sulfone groups is 1. The number of halogens is 1. The highest BCUT2D eigenvalue weighted by Gasteiger charge is 2.51. The fourth-order valence-electron chi connectivity index (χ4n) is 2.47. The van der Waals surface area contributed by atoms with Crippen LogP contribution in [0, 0.1) is 0 Å². The lowest BCUT2D eigenvalue weighted by atomic mass is 9.79. The van der Waals surface area contributed by atoms with Crippen molar-refractivity contribution >= 4 is 28.5 Å². The van der Waals surface area contributed by atoms with E-state index in [1.807, 2.05) is 33.0 Å². The molecule has 1 aromatic rings. The van der Waals surface area contributed by atoms with E-state index in [-0.39, 0.29) is 16.8 Å². The van der Waals surface area contributed by atoms with Gasteiger partial charge >= 0.3 is 13.2 Å². The highest BCUT2D eigenvalue weighted by molar-refractivity contribution is 7.91. The molecule has 1 amide bonds. The average Bonchev–Trinajstić information content (AvgIpc) is 2.79. The Hall–Kier alpha value is -1.91. The van der Waals surface area contributed by atoms with E-state index in [4.69, 9.17) is 14.4 Å². The van der Waals surface area contributed by atoms with Crippen molar-refractivity contribution in [3.63, 3.8) is 0 Å². The van der Waals surface area contributed by atoms with Gasteiger partial charge in [0.25, 0.3) is 0 Å². The molecule has 1 aromatic carbocycles. The highest BCUT2D eigenvalue weighted by atomic mass is 32.2. The maximum atomic E-state index is 13.0. The molecular weight excluding hydrogens is 376 g/mol. The molecule has 27 heavy (non-hydrogen) atoms. The second-order valence-corrected chi connectivity index (χ2v) is 9.34. The van der Waals surface area contributed by atoms with Crippen molar-refractivity contribution < 1.29 is 32.0 Å². The van der Waals surface area contributed by atoms with Gasteiger partial charge in [-0.15, -0.1) is 0 Å². The normalized spacial score (nSPS) is 19.1. The summed E-state index contributed by atoms with van der Waals surface area (Å²) in [5.74, 6) is -0.642. The summed E-state index contributed by atoms with van der Waals surface area (Å²) in [7, 11) is -4.61. The lowest BCUT2D eigenvalue weighted by molar-refractivity contribution is 0.00578. The zero-order valence-corrected chi connectivity index (χ0v) is 16.5. The van der Waals surface area contributed by atoms with Gasteiger partial charge in [0.05, 0.1) is 28.2 Å². The van der Waals surface area contributed by atoms with E-state index in [9.17, 15) is 17.6 Å². The number of carbonyl (C=O) groups is 1. The van der Waals surface area contributed by atoms with Gasteiger partial charge in [0, 0.05) is 6.54 Å². The van der Waals surface area contributed by atoms with Gasteiger partial charge in [-0.3, -0.25) is 0 Å². The smallest absolute Gasteiger partial charge is 0.465 e. The van der Waals surface area contributed by atoms with Crippen molar-refractivity contribution in [1.29, 1.82) is 0 Å². The summed E-state index contributed by atoms with van der Waals surface area (Å²) in [6.07, 6.45) is -1.26. The van der Waals surface area contributed by atoms with Crippen LogP contribution in [0.4, 0.5) is 9.18 Å². The lowest BCUT2D eigenvalue weighted by Gasteiger charge is -2.32. The van der Waals surface area contributed by atoms with Crippen LogP contribution in [0.3, 0.4) is 0 Å². The summed E-state index contributed by atoms with van der Waals surface area (Å²) in [5.41, 5.74) is -0.805. The van der Waals surface area contributed by atoms with Crippen LogP contribution in [-0.2, 0) is 19.1 Å². The molecule has 0 aliphatic carbocycles. The minimum atomic E-state index is -3.88. The number of hydrogen-bond acceptors (Lipinski definition) is 5. The maximum absolute atomic E-state index is 13.0. The van der Waals surface area contributed by atoms with Crippen molar-refractivity contribution in [3.8, 4) is 0 Å². The molecule has 2 rings (SSSR count). The number of hydrogen-bond donors (Lipinski definition) is 2. The van der Waals surface area contributed by atoms with E-state index >= 15 is 0 Å². The molecule has 0 unspecified atom stereocenters. The first-order chi connectivity index (χ1) is 12.4.